The van der Waals surface area contributed by atoms with E-state index in [1.807, 2.05) is 32.3 Å². The number of nitro groups is 1. The van der Waals surface area contributed by atoms with Crippen LogP contribution in [-0.2, 0) is 4.79 Å². The number of anilines is 2. The van der Waals surface area contributed by atoms with E-state index in [4.69, 9.17) is 4.98 Å². The Labute approximate surface area is 198 Å². The smallest absolute Gasteiger partial charge is 0.276 e. The number of fused-ring (bicyclic) bond motifs is 1. The Bertz CT molecular complexity index is 1220. The normalized spacial score (nSPS) is 18.1. The highest BCUT2D eigenvalue weighted by Gasteiger charge is 2.22. The lowest BCUT2D eigenvalue weighted by molar-refractivity contribution is -0.385. The molecule has 8 nitrogen and oxygen atoms in total. The van der Waals surface area contributed by atoms with Crippen LogP contribution in [0.2, 0.25) is 0 Å². The van der Waals surface area contributed by atoms with Crippen LogP contribution in [0.15, 0.2) is 60.7 Å². The summed E-state index contributed by atoms with van der Waals surface area (Å²) in [6.45, 7) is 0. The first kappa shape index (κ1) is 23.2. The van der Waals surface area contributed by atoms with Crippen LogP contribution in [0.3, 0.4) is 0 Å². The fraction of sp³-hybridized carbons (Fsp3) is 0.308. The first-order valence-corrected chi connectivity index (χ1v) is 11.5. The molecule has 2 aromatic carbocycles. The molecule has 2 N–H and O–H groups in total. The van der Waals surface area contributed by atoms with Gasteiger partial charge in [-0.15, -0.1) is 0 Å². The van der Waals surface area contributed by atoms with Crippen LogP contribution in [0.25, 0.3) is 17.0 Å². The van der Waals surface area contributed by atoms with Gasteiger partial charge in [0.15, 0.2) is 0 Å². The van der Waals surface area contributed by atoms with E-state index >= 15 is 0 Å². The van der Waals surface area contributed by atoms with Crippen LogP contribution in [0.1, 0.15) is 31.2 Å². The number of rotatable bonds is 7. The molecule has 176 valence electrons. The van der Waals surface area contributed by atoms with Gasteiger partial charge in [-0.25, -0.2) is 4.98 Å². The predicted molar refractivity (Wildman–Crippen MR) is 136 cm³/mol. The SMILES string of the molecule is CN(C)c1cc(N[C@H]2CC[C@@H](NC(=O)C=Cc3ccccc3[N+](=O)[O-])CC2)nc2ccccc12. The maximum atomic E-state index is 12.4. The molecule has 0 bridgehead atoms. The molecular weight excluding hydrogens is 430 g/mol. The van der Waals surface area contributed by atoms with Crippen molar-refractivity contribution in [3.63, 3.8) is 0 Å². The Morgan fingerprint density at radius 3 is 2.47 bits per heavy atom. The molecule has 1 heterocycles. The van der Waals surface area contributed by atoms with Gasteiger partial charge in [-0.1, -0.05) is 30.3 Å². The van der Waals surface area contributed by atoms with Gasteiger partial charge in [0, 0.05) is 55.5 Å². The van der Waals surface area contributed by atoms with Gasteiger partial charge in [-0.3, -0.25) is 14.9 Å². The first-order valence-electron chi connectivity index (χ1n) is 11.5. The number of hydrogen-bond donors (Lipinski definition) is 2. The third-order valence-electron chi connectivity index (χ3n) is 6.15. The fourth-order valence-electron chi connectivity index (χ4n) is 4.40. The Hall–Kier alpha value is -3.94. The summed E-state index contributed by atoms with van der Waals surface area (Å²) >= 11 is 0. The molecule has 8 heteroatoms. The molecule has 34 heavy (non-hydrogen) atoms. The number of pyridine rings is 1. The summed E-state index contributed by atoms with van der Waals surface area (Å²) in [5.41, 5.74) is 2.48. The van der Waals surface area contributed by atoms with E-state index < -0.39 is 4.92 Å². The highest BCUT2D eigenvalue weighted by Crippen LogP contribution is 2.29. The number of para-hydroxylation sites is 2. The van der Waals surface area contributed by atoms with Crippen LogP contribution < -0.4 is 15.5 Å². The van der Waals surface area contributed by atoms with Crippen molar-refractivity contribution in [3.05, 3.63) is 76.4 Å². The molecule has 1 amide bonds. The van der Waals surface area contributed by atoms with Crippen molar-refractivity contribution in [1.82, 2.24) is 10.3 Å². The Balaban J connectivity index is 1.33. The maximum Gasteiger partial charge on any atom is 0.276 e. The van der Waals surface area contributed by atoms with Crippen molar-refractivity contribution in [2.45, 2.75) is 37.8 Å². The molecule has 0 spiro atoms. The zero-order valence-corrected chi connectivity index (χ0v) is 19.4. The molecule has 4 rings (SSSR count). The molecule has 0 saturated heterocycles. The summed E-state index contributed by atoms with van der Waals surface area (Å²) in [7, 11) is 4.06. The molecule has 1 aliphatic carbocycles. The van der Waals surface area contributed by atoms with Crippen molar-refractivity contribution in [3.8, 4) is 0 Å². The van der Waals surface area contributed by atoms with Crippen LogP contribution in [0.4, 0.5) is 17.2 Å². The number of nitrogens with zero attached hydrogens (tertiary/aromatic N) is 3. The molecule has 1 fully saturated rings. The van der Waals surface area contributed by atoms with Crippen molar-refractivity contribution in [2.75, 3.05) is 24.3 Å². The zero-order valence-electron chi connectivity index (χ0n) is 19.4. The van der Waals surface area contributed by atoms with Gasteiger partial charge in [-0.2, -0.15) is 0 Å². The van der Waals surface area contributed by atoms with Gasteiger partial charge < -0.3 is 15.5 Å². The minimum Gasteiger partial charge on any atom is -0.377 e. The molecule has 1 saturated carbocycles. The maximum absolute atomic E-state index is 12.4. The van der Waals surface area contributed by atoms with E-state index in [1.54, 1.807) is 18.2 Å². The quantitative estimate of drug-likeness (QED) is 0.300. The monoisotopic (exact) mass is 459 g/mol. The molecule has 0 atom stereocenters. The highest BCUT2D eigenvalue weighted by molar-refractivity contribution is 5.93. The highest BCUT2D eigenvalue weighted by atomic mass is 16.6. The summed E-state index contributed by atoms with van der Waals surface area (Å²) in [5, 5.41) is 18.8. The van der Waals surface area contributed by atoms with E-state index in [2.05, 4.69) is 27.7 Å². The van der Waals surface area contributed by atoms with Crippen molar-refractivity contribution in [2.24, 2.45) is 0 Å². The summed E-state index contributed by atoms with van der Waals surface area (Å²) in [4.78, 5) is 29.9. The van der Waals surface area contributed by atoms with Crippen LogP contribution in [0, 0.1) is 10.1 Å². The van der Waals surface area contributed by atoms with E-state index in [0.29, 0.717) is 11.6 Å². The Kier molecular flexibility index (Phi) is 7.06. The average molecular weight is 460 g/mol. The summed E-state index contributed by atoms with van der Waals surface area (Å²) < 4.78 is 0. The summed E-state index contributed by atoms with van der Waals surface area (Å²) in [6.07, 6.45) is 6.42. The fourth-order valence-corrected chi connectivity index (χ4v) is 4.40. The lowest BCUT2D eigenvalue weighted by Gasteiger charge is -2.30. The van der Waals surface area contributed by atoms with Gasteiger partial charge in [-0.05, 0) is 43.9 Å². The largest absolute Gasteiger partial charge is 0.377 e. The minimum atomic E-state index is -0.447. The molecule has 1 aromatic heterocycles. The molecule has 3 aromatic rings. The lowest BCUT2D eigenvalue weighted by Crippen LogP contribution is -2.39. The second-order valence-electron chi connectivity index (χ2n) is 8.79. The predicted octanol–water partition coefficient (Wildman–Crippen LogP) is 4.76. The van der Waals surface area contributed by atoms with E-state index in [1.165, 1.54) is 18.2 Å². The van der Waals surface area contributed by atoms with E-state index in [-0.39, 0.29) is 17.6 Å². The zero-order chi connectivity index (χ0) is 24.1. The Morgan fingerprint density at radius 1 is 1.06 bits per heavy atom. The van der Waals surface area contributed by atoms with Gasteiger partial charge in [0.05, 0.1) is 16.0 Å². The van der Waals surface area contributed by atoms with Crippen LogP contribution >= 0.6 is 0 Å². The van der Waals surface area contributed by atoms with Crippen molar-refractivity contribution in [1.29, 1.82) is 0 Å². The third kappa shape index (κ3) is 5.51. The number of aromatic nitrogens is 1. The topological polar surface area (TPSA) is 100 Å². The summed E-state index contributed by atoms with van der Waals surface area (Å²) in [6, 6.07) is 17.0. The van der Waals surface area contributed by atoms with Gasteiger partial charge in [0.25, 0.3) is 5.69 Å². The van der Waals surface area contributed by atoms with Gasteiger partial charge in [0.2, 0.25) is 5.91 Å². The summed E-state index contributed by atoms with van der Waals surface area (Å²) in [5.74, 6) is 0.628. The number of hydrogen-bond acceptors (Lipinski definition) is 6. The lowest BCUT2D eigenvalue weighted by atomic mass is 9.91. The minimum absolute atomic E-state index is 0.0159. The molecule has 1 aliphatic rings. The van der Waals surface area contributed by atoms with E-state index in [9.17, 15) is 14.9 Å². The Morgan fingerprint density at radius 2 is 1.74 bits per heavy atom. The number of amides is 1. The van der Waals surface area contributed by atoms with Crippen molar-refractivity contribution < 1.29 is 9.72 Å². The average Bonchev–Trinajstić information content (AvgIpc) is 2.83. The molecule has 0 aliphatic heterocycles. The van der Waals surface area contributed by atoms with Crippen LogP contribution in [-0.4, -0.2) is 42.0 Å². The van der Waals surface area contributed by atoms with E-state index in [0.717, 1.165) is 48.1 Å². The number of nitrogens with one attached hydrogen (secondary N) is 2. The first-order chi connectivity index (χ1) is 16.4. The van der Waals surface area contributed by atoms with Crippen LogP contribution in [0.5, 0.6) is 0 Å². The number of carbonyl (C=O) groups excluding carboxylic acids is 1. The second-order valence-corrected chi connectivity index (χ2v) is 8.79. The third-order valence-corrected chi connectivity index (χ3v) is 6.15. The molecular formula is C26H29N5O3. The second kappa shape index (κ2) is 10.3. The van der Waals surface area contributed by atoms with Gasteiger partial charge in [0.1, 0.15) is 5.82 Å². The van der Waals surface area contributed by atoms with Gasteiger partial charge >= 0.3 is 0 Å². The molecule has 0 radical (unpaired) electrons. The number of carbonyl (C=O) groups is 1. The number of nitro benzene ring substituents is 1. The number of benzene rings is 2. The standard InChI is InChI=1S/C26H29N5O3/c1-30(2)24-17-25(29-22-9-5-4-8-21(22)24)27-19-12-14-20(15-13-19)28-26(32)16-11-18-7-3-6-10-23(18)31(33)34/h3-11,16-17,19-20H,12-15H2,1-2H3,(H,27,29)(H,28,32)/t19-,20+. The molecule has 0 unspecified atom stereocenters. The van der Waals surface area contributed by atoms with Crippen molar-refractivity contribution >= 4 is 40.1 Å².